The van der Waals surface area contributed by atoms with E-state index in [4.69, 9.17) is 21.1 Å². The minimum absolute atomic E-state index is 0.0900. The lowest BCUT2D eigenvalue weighted by molar-refractivity contribution is 0.0511. The van der Waals surface area contributed by atoms with E-state index in [2.05, 4.69) is 9.71 Å². The van der Waals surface area contributed by atoms with Gasteiger partial charge in [-0.25, -0.2) is 13.1 Å². The molecule has 1 heterocycles. The third-order valence-electron chi connectivity index (χ3n) is 4.54. The first-order valence-electron chi connectivity index (χ1n) is 9.34. The zero-order valence-electron chi connectivity index (χ0n) is 16.5. The van der Waals surface area contributed by atoms with Crippen molar-refractivity contribution in [2.24, 2.45) is 0 Å². The Morgan fingerprint density at radius 3 is 2.43 bits per heavy atom. The van der Waals surface area contributed by atoms with Gasteiger partial charge in [0.15, 0.2) is 6.79 Å². The first-order valence-corrected chi connectivity index (χ1v) is 11.2. The Hall–Kier alpha value is -2.45. The Kier molecular flexibility index (Phi) is 7.81. The van der Waals surface area contributed by atoms with E-state index in [1.54, 1.807) is 31.6 Å². The number of rotatable bonds is 10. The summed E-state index contributed by atoms with van der Waals surface area (Å²) in [5, 5.41) is 0.485. The van der Waals surface area contributed by atoms with Gasteiger partial charge < -0.3 is 9.47 Å². The van der Waals surface area contributed by atoms with E-state index in [0.717, 1.165) is 11.1 Å². The number of methoxy groups -OCH3 is 1. The fourth-order valence-corrected chi connectivity index (χ4v) is 4.19. The molecule has 1 atom stereocenters. The summed E-state index contributed by atoms with van der Waals surface area (Å²) >= 11 is 5.86. The van der Waals surface area contributed by atoms with Gasteiger partial charge >= 0.3 is 0 Å². The summed E-state index contributed by atoms with van der Waals surface area (Å²) in [5.74, 6) is 0.593. The normalized spacial score (nSPS) is 12.5. The number of nitrogens with zero attached hydrogens (tertiary/aromatic N) is 1. The fourth-order valence-electron chi connectivity index (χ4n) is 2.98. The minimum atomic E-state index is -3.66. The Balaban J connectivity index is 1.78. The summed E-state index contributed by atoms with van der Waals surface area (Å²) in [4.78, 5) is 4.34. The van der Waals surface area contributed by atoms with E-state index in [1.807, 2.05) is 36.4 Å². The number of pyridine rings is 1. The predicted molar refractivity (Wildman–Crippen MR) is 116 cm³/mol. The highest BCUT2D eigenvalue weighted by Gasteiger charge is 2.19. The molecule has 0 aliphatic rings. The molecule has 0 aliphatic heterocycles. The zero-order chi connectivity index (χ0) is 21.4. The molecule has 0 radical (unpaired) electrons. The molecule has 2 aromatic carbocycles. The van der Waals surface area contributed by atoms with Gasteiger partial charge in [0.05, 0.1) is 4.90 Å². The molecule has 0 amide bonds. The molecule has 8 heteroatoms. The van der Waals surface area contributed by atoms with Crippen LogP contribution in [0.5, 0.6) is 5.75 Å². The number of halogens is 1. The lowest BCUT2D eigenvalue weighted by atomic mass is 9.93. The standard InChI is InChI=1S/C22H23ClN2O4S/c1-28-16-29-21-8-4-18(5-9-21)19(13-17-3-2-12-24-14-17)15-25-30(26,27)22-10-6-20(23)7-11-22/h2-12,14,19,25H,13,15-16H2,1H3. The summed E-state index contributed by atoms with van der Waals surface area (Å²) in [6.45, 7) is 0.400. The molecular weight excluding hydrogens is 424 g/mol. The van der Waals surface area contributed by atoms with Crippen LogP contribution in [0.1, 0.15) is 17.0 Å². The number of sulfonamides is 1. The molecule has 1 aromatic heterocycles. The molecule has 3 rings (SSSR count). The van der Waals surface area contributed by atoms with Crippen LogP contribution in [0, 0.1) is 0 Å². The number of benzene rings is 2. The maximum atomic E-state index is 12.7. The van der Waals surface area contributed by atoms with Gasteiger partial charge in [-0.05, 0) is 60.0 Å². The average Bonchev–Trinajstić information content (AvgIpc) is 2.76. The van der Waals surface area contributed by atoms with Gasteiger partial charge in [0.25, 0.3) is 0 Å². The maximum Gasteiger partial charge on any atom is 0.240 e. The summed E-state index contributed by atoms with van der Waals surface area (Å²) in [7, 11) is -2.10. The molecule has 6 nitrogen and oxygen atoms in total. The SMILES string of the molecule is COCOc1ccc(C(CNS(=O)(=O)c2ccc(Cl)cc2)Cc2cccnc2)cc1. The highest BCUT2D eigenvalue weighted by Crippen LogP contribution is 2.24. The number of hydrogen-bond acceptors (Lipinski definition) is 5. The van der Waals surface area contributed by atoms with E-state index in [-0.39, 0.29) is 24.2 Å². The molecule has 0 saturated carbocycles. The Labute approximate surface area is 181 Å². The van der Waals surface area contributed by atoms with Crippen molar-refractivity contribution < 1.29 is 17.9 Å². The summed E-state index contributed by atoms with van der Waals surface area (Å²) in [5.41, 5.74) is 2.01. The molecule has 0 aliphatic carbocycles. The number of hydrogen-bond donors (Lipinski definition) is 1. The molecule has 0 spiro atoms. The lowest BCUT2D eigenvalue weighted by Gasteiger charge is -2.19. The molecule has 158 valence electrons. The predicted octanol–water partition coefficient (Wildman–Crippen LogP) is 4.02. The average molecular weight is 447 g/mol. The summed E-state index contributed by atoms with van der Waals surface area (Å²) in [6.07, 6.45) is 4.13. The van der Waals surface area contributed by atoms with Gasteiger partial charge in [0, 0.05) is 37.0 Å². The maximum absolute atomic E-state index is 12.7. The molecule has 0 fully saturated rings. The van der Waals surface area contributed by atoms with E-state index in [9.17, 15) is 8.42 Å². The van der Waals surface area contributed by atoms with Crippen LogP contribution in [0.3, 0.4) is 0 Å². The van der Waals surface area contributed by atoms with Crippen LogP contribution >= 0.6 is 11.6 Å². The van der Waals surface area contributed by atoms with Crippen LogP contribution in [-0.4, -0.2) is 33.8 Å². The largest absolute Gasteiger partial charge is 0.468 e. The van der Waals surface area contributed by atoms with Crippen molar-refractivity contribution in [2.45, 2.75) is 17.2 Å². The molecular formula is C22H23ClN2O4S. The van der Waals surface area contributed by atoms with Crippen LogP contribution in [-0.2, 0) is 21.2 Å². The second-order valence-corrected chi connectivity index (χ2v) is 8.89. The van der Waals surface area contributed by atoms with Crippen LogP contribution in [0.25, 0.3) is 0 Å². The minimum Gasteiger partial charge on any atom is -0.468 e. The monoisotopic (exact) mass is 446 g/mol. The van der Waals surface area contributed by atoms with E-state index >= 15 is 0 Å². The van der Waals surface area contributed by atoms with Crippen molar-refractivity contribution in [1.29, 1.82) is 0 Å². The van der Waals surface area contributed by atoms with Crippen molar-refractivity contribution in [2.75, 3.05) is 20.4 Å². The highest BCUT2D eigenvalue weighted by molar-refractivity contribution is 7.89. The Morgan fingerprint density at radius 1 is 1.07 bits per heavy atom. The first kappa shape index (κ1) is 22.2. The van der Waals surface area contributed by atoms with Gasteiger partial charge in [-0.15, -0.1) is 0 Å². The summed E-state index contributed by atoms with van der Waals surface area (Å²) in [6, 6.07) is 17.5. The van der Waals surface area contributed by atoms with Crippen molar-refractivity contribution in [3.63, 3.8) is 0 Å². The fraction of sp³-hybridized carbons (Fsp3) is 0.227. The van der Waals surface area contributed by atoms with Crippen LogP contribution < -0.4 is 9.46 Å². The summed E-state index contributed by atoms with van der Waals surface area (Å²) < 4.78 is 38.5. The van der Waals surface area contributed by atoms with Crippen LogP contribution in [0.15, 0.2) is 78.0 Å². The van der Waals surface area contributed by atoms with E-state index in [0.29, 0.717) is 17.2 Å². The second kappa shape index (κ2) is 10.5. The van der Waals surface area contributed by atoms with Gasteiger partial charge in [0.2, 0.25) is 10.0 Å². The van der Waals surface area contributed by atoms with Gasteiger partial charge in [-0.2, -0.15) is 0 Å². The molecule has 1 N–H and O–H groups in total. The molecule has 0 saturated heterocycles. The van der Waals surface area contributed by atoms with Gasteiger partial charge in [-0.3, -0.25) is 4.98 Å². The van der Waals surface area contributed by atoms with Gasteiger partial charge in [-0.1, -0.05) is 29.8 Å². The van der Waals surface area contributed by atoms with Gasteiger partial charge in [0.1, 0.15) is 5.75 Å². The molecule has 30 heavy (non-hydrogen) atoms. The first-order chi connectivity index (χ1) is 14.5. The number of aromatic nitrogens is 1. The number of ether oxygens (including phenoxy) is 2. The lowest BCUT2D eigenvalue weighted by Crippen LogP contribution is -2.29. The quantitative estimate of drug-likeness (QED) is 0.476. The third kappa shape index (κ3) is 6.27. The van der Waals surface area contributed by atoms with E-state index in [1.165, 1.54) is 12.1 Å². The Morgan fingerprint density at radius 2 is 1.80 bits per heavy atom. The molecule has 0 bridgehead atoms. The zero-order valence-corrected chi connectivity index (χ0v) is 18.1. The van der Waals surface area contributed by atoms with Crippen molar-refractivity contribution in [3.05, 3.63) is 89.2 Å². The Bertz CT molecular complexity index is 1030. The van der Waals surface area contributed by atoms with Crippen molar-refractivity contribution in [3.8, 4) is 5.75 Å². The smallest absolute Gasteiger partial charge is 0.240 e. The van der Waals surface area contributed by atoms with E-state index < -0.39 is 10.0 Å². The van der Waals surface area contributed by atoms with Crippen molar-refractivity contribution in [1.82, 2.24) is 9.71 Å². The molecule has 3 aromatic rings. The second-order valence-electron chi connectivity index (χ2n) is 6.69. The highest BCUT2D eigenvalue weighted by atomic mass is 35.5. The molecule has 1 unspecified atom stereocenters. The number of nitrogens with one attached hydrogen (secondary N) is 1. The van der Waals surface area contributed by atoms with Crippen molar-refractivity contribution >= 4 is 21.6 Å². The van der Waals surface area contributed by atoms with Crippen LogP contribution in [0.4, 0.5) is 0 Å². The topological polar surface area (TPSA) is 77.5 Å². The van der Waals surface area contributed by atoms with Crippen LogP contribution in [0.2, 0.25) is 5.02 Å². The third-order valence-corrected chi connectivity index (χ3v) is 6.23.